The van der Waals surface area contributed by atoms with Gasteiger partial charge in [0.05, 0.1) is 24.7 Å². The van der Waals surface area contributed by atoms with E-state index in [9.17, 15) is 9.59 Å². The number of carbonyl (C=O) groups is 2. The normalized spacial score (nSPS) is 11.0. The zero-order chi connectivity index (χ0) is 20.0. The van der Waals surface area contributed by atoms with Crippen molar-refractivity contribution in [1.82, 2.24) is 9.55 Å². The summed E-state index contributed by atoms with van der Waals surface area (Å²) in [5.41, 5.74) is 2.02. The molecule has 0 spiro atoms. The summed E-state index contributed by atoms with van der Waals surface area (Å²) >= 11 is 0. The average molecular weight is 376 g/mol. The number of esters is 1. The zero-order valence-electron chi connectivity index (χ0n) is 16.6. The number of nitrogens with zero attached hydrogens (tertiary/aromatic N) is 2. The minimum atomic E-state index is -0.547. The molecule has 148 valence electrons. The first-order chi connectivity index (χ1) is 13.0. The molecule has 0 aliphatic heterocycles. The fourth-order valence-electron chi connectivity index (χ4n) is 3.01. The number of aryl methyl sites for hydroxylation is 1. The molecule has 0 atom stereocenters. The van der Waals surface area contributed by atoms with Crippen LogP contribution in [0.4, 0.5) is 11.4 Å². The standard InChI is InChI=1S/C19H28N4O4/c1-6-12(7-2)9-20-13-8-14-16(22-15(24)11-26-4)17(19(25)27-5)23(3)18(14)21-10-13/h8,10,12,20H,6-7,9,11H2,1-5H3,(H,22,24). The van der Waals surface area contributed by atoms with Crippen LogP contribution in [0.5, 0.6) is 0 Å². The third-order valence-corrected chi connectivity index (χ3v) is 4.69. The zero-order valence-corrected chi connectivity index (χ0v) is 16.6. The third-order valence-electron chi connectivity index (χ3n) is 4.69. The van der Waals surface area contributed by atoms with Crippen molar-refractivity contribution < 1.29 is 19.1 Å². The lowest BCUT2D eigenvalue weighted by Crippen LogP contribution is -2.19. The van der Waals surface area contributed by atoms with Crippen LogP contribution in [0, 0.1) is 5.92 Å². The molecule has 0 aliphatic rings. The molecular weight excluding hydrogens is 348 g/mol. The molecule has 0 aliphatic carbocycles. The largest absolute Gasteiger partial charge is 0.464 e. The van der Waals surface area contributed by atoms with Crippen LogP contribution < -0.4 is 10.6 Å². The van der Waals surface area contributed by atoms with E-state index < -0.39 is 5.97 Å². The second-order valence-corrected chi connectivity index (χ2v) is 6.41. The first-order valence-electron chi connectivity index (χ1n) is 9.06. The molecule has 0 unspecified atom stereocenters. The van der Waals surface area contributed by atoms with E-state index in [1.807, 2.05) is 6.07 Å². The summed E-state index contributed by atoms with van der Waals surface area (Å²) in [7, 11) is 4.45. The van der Waals surface area contributed by atoms with Gasteiger partial charge in [0.25, 0.3) is 0 Å². The van der Waals surface area contributed by atoms with Gasteiger partial charge in [-0.05, 0) is 12.0 Å². The third kappa shape index (κ3) is 4.57. The molecule has 8 heteroatoms. The molecule has 0 radical (unpaired) electrons. The van der Waals surface area contributed by atoms with Crippen LogP contribution in [-0.2, 0) is 21.3 Å². The number of rotatable bonds is 9. The van der Waals surface area contributed by atoms with E-state index in [0.717, 1.165) is 25.1 Å². The molecule has 0 saturated heterocycles. The number of aromatic nitrogens is 2. The summed E-state index contributed by atoms with van der Waals surface area (Å²) in [6, 6.07) is 1.89. The molecule has 0 fully saturated rings. The summed E-state index contributed by atoms with van der Waals surface area (Å²) in [6.07, 6.45) is 3.91. The van der Waals surface area contributed by atoms with Crippen molar-refractivity contribution in [2.45, 2.75) is 26.7 Å². The number of hydrogen-bond donors (Lipinski definition) is 2. The molecule has 2 rings (SSSR count). The second kappa shape index (κ2) is 9.36. The molecule has 2 aromatic rings. The van der Waals surface area contributed by atoms with Crippen LogP contribution in [-0.4, -0.2) is 48.8 Å². The van der Waals surface area contributed by atoms with E-state index in [4.69, 9.17) is 9.47 Å². The Hall–Kier alpha value is -2.61. The van der Waals surface area contributed by atoms with Crippen LogP contribution in [0.2, 0.25) is 0 Å². The van der Waals surface area contributed by atoms with Crippen molar-refractivity contribution in [3.8, 4) is 0 Å². The highest BCUT2D eigenvalue weighted by Gasteiger charge is 2.24. The topological polar surface area (TPSA) is 94.5 Å². The molecule has 0 aromatic carbocycles. The fourth-order valence-corrected chi connectivity index (χ4v) is 3.01. The molecular formula is C19H28N4O4. The maximum atomic E-state index is 12.3. The van der Waals surface area contributed by atoms with Crippen molar-refractivity contribution in [2.24, 2.45) is 13.0 Å². The van der Waals surface area contributed by atoms with Gasteiger partial charge in [0.15, 0.2) is 5.69 Å². The number of ether oxygens (including phenoxy) is 2. The van der Waals surface area contributed by atoms with E-state index in [0.29, 0.717) is 22.6 Å². The SMILES string of the molecule is CCC(CC)CNc1cnc2c(c1)c(NC(=O)COC)c(C(=O)OC)n2C. The maximum Gasteiger partial charge on any atom is 0.356 e. The van der Waals surface area contributed by atoms with Crippen molar-refractivity contribution in [3.63, 3.8) is 0 Å². The minimum absolute atomic E-state index is 0.114. The smallest absolute Gasteiger partial charge is 0.356 e. The number of anilines is 2. The monoisotopic (exact) mass is 376 g/mol. The van der Waals surface area contributed by atoms with Gasteiger partial charge >= 0.3 is 5.97 Å². The van der Waals surface area contributed by atoms with E-state index >= 15 is 0 Å². The lowest BCUT2D eigenvalue weighted by atomic mass is 10.0. The molecule has 1 amide bonds. The van der Waals surface area contributed by atoms with Crippen molar-refractivity contribution >= 4 is 34.3 Å². The Morgan fingerprint density at radius 3 is 2.56 bits per heavy atom. The number of fused-ring (bicyclic) bond motifs is 1. The summed E-state index contributed by atoms with van der Waals surface area (Å²) in [4.78, 5) is 28.8. The van der Waals surface area contributed by atoms with E-state index in [1.54, 1.807) is 17.8 Å². The molecule has 8 nitrogen and oxygen atoms in total. The number of methoxy groups -OCH3 is 2. The summed E-state index contributed by atoms with van der Waals surface area (Å²) in [5.74, 6) is -0.330. The van der Waals surface area contributed by atoms with E-state index in [2.05, 4.69) is 29.5 Å². The minimum Gasteiger partial charge on any atom is -0.464 e. The highest BCUT2D eigenvalue weighted by molar-refractivity contribution is 6.11. The maximum absolute atomic E-state index is 12.3. The summed E-state index contributed by atoms with van der Waals surface area (Å²) in [6.45, 7) is 5.06. The van der Waals surface area contributed by atoms with Gasteiger partial charge in [0.1, 0.15) is 12.3 Å². The molecule has 27 heavy (non-hydrogen) atoms. The number of hydrogen-bond acceptors (Lipinski definition) is 6. The second-order valence-electron chi connectivity index (χ2n) is 6.41. The van der Waals surface area contributed by atoms with Crippen molar-refractivity contribution in [3.05, 3.63) is 18.0 Å². The lowest BCUT2D eigenvalue weighted by Gasteiger charge is -2.14. The summed E-state index contributed by atoms with van der Waals surface area (Å²) in [5, 5.41) is 6.81. The quantitative estimate of drug-likeness (QED) is 0.654. The fraction of sp³-hybridized carbons (Fsp3) is 0.526. The average Bonchev–Trinajstić information content (AvgIpc) is 2.93. The van der Waals surface area contributed by atoms with Crippen molar-refractivity contribution in [1.29, 1.82) is 0 Å². The predicted molar refractivity (Wildman–Crippen MR) is 105 cm³/mol. The van der Waals surface area contributed by atoms with Crippen LogP contribution in [0.1, 0.15) is 37.2 Å². The Balaban J connectivity index is 2.47. The van der Waals surface area contributed by atoms with Gasteiger partial charge in [-0.3, -0.25) is 4.79 Å². The Bertz CT molecular complexity index is 812. The van der Waals surface area contributed by atoms with Gasteiger partial charge in [-0.25, -0.2) is 9.78 Å². The Morgan fingerprint density at radius 2 is 1.96 bits per heavy atom. The van der Waals surface area contributed by atoms with Crippen LogP contribution in [0.15, 0.2) is 12.3 Å². The number of carbonyl (C=O) groups excluding carboxylic acids is 2. The van der Waals surface area contributed by atoms with Crippen molar-refractivity contribution in [2.75, 3.05) is 38.0 Å². The van der Waals surface area contributed by atoms with Crippen LogP contribution in [0.3, 0.4) is 0 Å². The van der Waals surface area contributed by atoms with Gasteiger partial charge in [0.2, 0.25) is 5.91 Å². The number of nitrogens with one attached hydrogen (secondary N) is 2. The Morgan fingerprint density at radius 1 is 1.26 bits per heavy atom. The molecule has 2 N–H and O–H groups in total. The number of pyridine rings is 1. The lowest BCUT2D eigenvalue weighted by molar-refractivity contribution is -0.119. The van der Waals surface area contributed by atoms with Gasteiger partial charge < -0.3 is 24.7 Å². The Labute approximate surface area is 159 Å². The highest BCUT2D eigenvalue weighted by atomic mass is 16.5. The van der Waals surface area contributed by atoms with Crippen LogP contribution >= 0.6 is 0 Å². The van der Waals surface area contributed by atoms with E-state index in [1.165, 1.54) is 14.2 Å². The molecule has 0 saturated carbocycles. The van der Waals surface area contributed by atoms with E-state index in [-0.39, 0.29) is 18.2 Å². The Kier molecular flexibility index (Phi) is 7.18. The van der Waals surface area contributed by atoms with Gasteiger partial charge in [0, 0.05) is 26.1 Å². The molecule has 2 heterocycles. The van der Waals surface area contributed by atoms with Crippen LogP contribution in [0.25, 0.3) is 11.0 Å². The van der Waals surface area contributed by atoms with Gasteiger partial charge in [-0.2, -0.15) is 0 Å². The molecule has 0 bridgehead atoms. The van der Waals surface area contributed by atoms with Gasteiger partial charge in [-0.1, -0.05) is 26.7 Å². The summed E-state index contributed by atoms with van der Waals surface area (Å²) < 4.78 is 11.4. The predicted octanol–water partition coefficient (Wildman–Crippen LogP) is 2.79. The molecule has 2 aromatic heterocycles. The highest BCUT2D eigenvalue weighted by Crippen LogP contribution is 2.31. The number of amides is 1. The first-order valence-corrected chi connectivity index (χ1v) is 9.06. The first kappa shape index (κ1) is 20.7. The van der Waals surface area contributed by atoms with Gasteiger partial charge in [-0.15, -0.1) is 0 Å².